The molecule has 3 aromatic rings. The van der Waals surface area contributed by atoms with Crippen LogP contribution >= 0.6 is 11.3 Å². The quantitative estimate of drug-likeness (QED) is 0.772. The van der Waals surface area contributed by atoms with Crippen molar-refractivity contribution in [2.45, 2.75) is 0 Å². The standard InChI is InChI=1S/C15H11NO2S/c17-15(14-7-3-9-19-14)16-12-5-1-4-11(10-12)13-6-2-8-18-13/h1-10H,(H,16,17). The van der Waals surface area contributed by atoms with Gasteiger partial charge in [-0.3, -0.25) is 4.79 Å². The third-order valence-corrected chi connectivity index (χ3v) is 3.54. The van der Waals surface area contributed by atoms with Crippen LogP contribution in [0.3, 0.4) is 0 Å². The molecule has 3 rings (SSSR count). The van der Waals surface area contributed by atoms with E-state index < -0.39 is 0 Å². The summed E-state index contributed by atoms with van der Waals surface area (Å²) in [4.78, 5) is 12.6. The predicted octanol–water partition coefficient (Wildman–Crippen LogP) is 4.26. The summed E-state index contributed by atoms with van der Waals surface area (Å²) >= 11 is 1.42. The van der Waals surface area contributed by atoms with Crippen LogP contribution in [0.15, 0.2) is 64.6 Å². The molecule has 0 bridgehead atoms. The van der Waals surface area contributed by atoms with Crippen molar-refractivity contribution in [3.63, 3.8) is 0 Å². The second kappa shape index (κ2) is 5.12. The zero-order valence-electron chi connectivity index (χ0n) is 10.00. The molecule has 1 aromatic carbocycles. The van der Waals surface area contributed by atoms with Gasteiger partial charge in [-0.2, -0.15) is 0 Å². The van der Waals surface area contributed by atoms with Crippen molar-refractivity contribution in [3.8, 4) is 11.3 Å². The van der Waals surface area contributed by atoms with Crippen molar-refractivity contribution < 1.29 is 9.21 Å². The van der Waals surface area contributed by atoms with Crippen LogP contribution < -0.4 is 5.32 Å². The first-order chi connectivity index (χ1) is 9.33. The van der Waals surface area contributed by atoms with Crippen LogP contribution in [0.5, 0.6) is 0 Å². The highest BCUT2D eigenvalue weighted by Crippen LogP contribution is 2.23. The van der Waals surface area contributed by atoms with Crippen LogP contribution in [0, 0.1) is 0 Å². The Balaban J connectivity index is 1.82. The van der Waals surface area contributed by atoms with E-state index in [-0.39, 0.29) is 5.91 Å². The maximum atomic E-state index is 11.9. The summed E-state index contributed by atoms with van der Waals surface area (Å²) in [6.45, 7) is 0. The summed E-state index contributed by atoms with van der Waals surface area (Å²) in [5.41, 5.74) is 1.70. The van der Waals surface area contributed by atoms with E-state index in [0.717, 1.165) is 17.0 Å². The summed E-state index contributed by atoms with van der Waals surface area (Å²) in [5, 5.41) is 4.76. The highest BCUT2D eigenvalue weighted by Gasteiger charge is 2.08. The number of rotatable bonds is 3. The first-order valence-electron chi connectivity index (χ1n) is 5.82. The van der Waals surface area contributed by atoms with Crippen molar-refractivity contribution in [3.05, 3.63) is 65.1 Å². The van der Waals surface area contributed by atoms with E-state index in [1.54, 1.807) is 12.3 Å². The van der Waals surface area contributed by atoms with Gasteiger partial charge >= 0.3 is 0 Å². The summed E-state index contributed by atoms with van der Waals surface area (Å²) in [5.74, 6) is 0.693. The Morgan fingerprint density at radius 2 is 2.05 bits per heavy atom. The SMILES string of the molecule is O=C(Nc1cccc(-c2ccco2)c1)c1cccs1. The minimum Gasteiger partial charge on any atom is -0.464 e. The molecule has 0 saturated carbocycles. The van der Waals surface area contributed by atoms with Gasteiger partial charge in [-0.05, 0) is 35.7 Å². The lowest BCUT2D eigenvalue weighted by molar-refractivity contribution is 0.103. The number of thiophene rings is 1. The molecule has 0 atom stereocenters. The van der Waals surface area contributed by atoms with Crippen molar-refractivity contribution >= 4 is 22.9 Å². The number of hydrogen-bond acceptors (Lipinski definition) is 3. The Labute approximate surface area is 114 Å². The summed E-state index contributed by atoms with van der Waals surface area (Å²) in [7, 11) is 0. The molecule has 0 aliphatic heterocycles. The van der Waals surface area contributed by atoms with Gasteiger partial charge in [0.15, 0.2) is 0 Å². The molecule has 1 amide bonds. The van der Waals surface area contributed by atoms with E-state index in [9.17, 15) is 4.79 Å². The monoisotopic (exact) mass is 269 g/mol. The van der Waals surface area contributed by atoms with Gasteiger partial charge in [0.25, 0.3) is 5.91 Å². The Morgan fingerprint density at radius 1 is 1.11 bits per heavy atom. The summed E-state index contributed by atoms with van der Waals surface area (Å²) in [6.07, 6.45) is 1.63. The number of furan rings is 1. The molecular formula is C15H11NO2S. The normalized spacial score (nSPS) is 10.3. The predicted molar refractivity (Wildman–Crippen MR) is 76.4 cm³/mol. The van der Waals surface area contributed by atoms with E-state index >= 15 is 0 Å². The van der Waals surface area contributed by atoms with E-state index in [1.165, 1.54) is 11.3 Å². The zero-order chi connectivity index (χ0) is 13.1. The number of nitrogens with one attached hydrogen (secondary N) is 1. The van der Waals surface area contributed by atoms with Gasteiger partial charge in [0, 0.05) is 11.3 Å². The lowest BCUT2D eigenvalue weighted by Crippen LogP contribution is -2.09. The molecule has 0 saturated heterocycles. The third kappa shape index (κ3) is 2.58. The van der Waals surface area contributed by atoms with Crippen molar-refractivity contribution in [2.75, 3.05) is 5.32 Å². The Bertz CT molecular complexity index is 672. The smallest absolute Gasteiger partial charge is 0.265 e. The fourth-order valence-corrected chi connectivity index (χ4v) is 2.41. The molecule has 2 heterocycles. The maximum Gasteiger partial charge on any atom is 0.265 e. The number of carbonyl (C=O) groups excluding carboxylic acids is 1. The second-order valence-electron chi connectivity index (χ2n) is 3.99. The molecule has 94 valence electrons. The van der Waals surface area contributed by atoms with Crippen LogP contribution in [-0.2, 0) is 0 Å². The van der Waals surface area contributed by atoms with Gasteiger partial charge < -0.3 is 9.73 Å². The molecular weight excluding hydrogens is 258 g/mol. The number of benzene rings is 1. The lowest BCUT2D eigenvalue weighted by Gasteiger charge is -2.05. The minimum absolute atomic E-state index is 0.0911. The molecule has 2 aromatic heterocycles. The average molecular weight is 269 g/mol. The minimum atomic E-state index is -0.0911. The Morgan fingerprint density at radius 3 is 2.79 bits per heavy atom. The number of amides is 1. The summed E-state index contributed by atoms with van der Waals surface area (Å²) < 4.78 is 5.34. The fraction of sp³-hybridized carbons (Fsp3) is 0. The highest BCUT2D eigenvalue weighted by atomic mass is 32.1. The van der Waals surface area contributed by atoms with Gasteiger partial charge in [0.1, 0.15) is 5.76 Å². The van der Waals surface area contributed by atoms with E-state index in [0.29, 0.717) is 4.88 Å². The van der Waals surface area contributed by atoms with Gasteiger partial charge in [-0.15, -0.1) is 11.3 Å². The molecule has 19 heavy (non-hydrogen) atoms. The van der Waals surface area contributed by atoms with Gasteiger partial charge in [0.05, 0.1) is 11.1 Å². The highest BCUT2D eigenvalue weighted by molar-refractivity contribution is 7.12. The first-order valence-corrected chi connectivity index (χ1v) is 6.70. The Kier molecular flexibility index (Phi) is 3.16. The van der Waals surface area contributed by atoms with E-state index in [2.05, 4.69) is 5.32 Å². The zero-order valence-corrected chi connectivity index (χ0v) is 10.8. The van der Waals surface area contributed by atoms with E-state index in [1.807, 2.05) is 47.8 Å². The lowest BCUT2D eigenvalue weighted by atomic mass is 10.1. The molecule has 0 spiro atoms. The van der Waals surface area contributed by atoms with Crippen LogP contribution in [0.25, 0.3) is 11.3 Å². The number of carbonyl (C=O) groups is 1. The van der Waals surface area contributed by atoms with E-state index in [4.69, 9.17) is 4.42 Å². The fourth-order valence-electron chi connectivity index (χ4n) is 1.79. The first kappa shape index (κ1) is 11.7. The second-order valence-corrected chi connectivity index (χ2v) is 4.94. The molecule has 0 aliphatic rings. The average Bonchev–Trinajstić information content (AvgIpc) is 3.13. The maximum absolute atomic E-state index is 11.9. The number of hydrogen-bond donors (Lipinski definition) is 1. The molecule has 0 unspecified atom stereocenters. The van der Waals surface area contributed by atoms with Crippen LogP contribution in [-0.4, -0.2) is 5.91 Å². The van der Waals surface area contributed by atoms with Gasteiger partial charge in [0.2, 0.25) is 0 Å². The molecule has 0 radical (unpaired) electrons. The number of anilines is 1. The van der Waals surface area contributed by atoms with Crippen LogP contribution in [0.2, 0.25) is 0 Å². The third-order valence-electron chi connectivity index (χ3n) is 2.67. The van der Waals surface area contributed by atoms with Crippen molar-refractivity contribution in [1.29, 1.82) is 0 Å². The largest absolute Gasteiger partial charge is 0.464 e. The van der Waals surface area contributed by atoms with Crippen molar-refractivity contribution in [1.82, 2.24) is 0 Å². The topological polar surface area (TPSA) is 42.2 Å². The van der Waals surface area contributed by atoms with Gasteiger partial charge in [-0.1, -0.05) is 18.2 Å². The summed E-state index contributed by atoms with van der Waals surface area (Å²) in [6, 6.07) is 15.0. The molecule has 3 nitrogen and oxygen atoms in total. The molecule has 0 fully saturated rings. The van der Waals surface area contributed by atoms with Gasteiger partial charge in [-0.25, -0.2) is 0 Å². The molecule has 1 N–H and O–H groups in total. The molecule has 0 aliphatic carbocycles. The van der Waals surface area contributed by atoms with Crippen LogP contribution in [0.1, 0.15) is 9.67 Å². The van der Waals surface area contributed by atoms with Crippen LogP contribution in [0.4, 0.5) is 5.69 Å². The van der Waals surface area contributed by atoms with Crippen molar-refractivity contribution in [2.24, 2.45) is 0 Å². The molecule has 4 heteroatoms. The Hall–Kier alpha value is -2.33.